The van der Waals surface area contributed by atoms with Crippen LogP contribution in [0.5, 0.6) is 11.5 Å². The zero-order chi connectivity index (χ0) is 18.2. The van der Waals surface area contributed by atoms with E-state index in [0.29, 0.717) is 12.5 Å². The van der Waals surface area contributed by atoms with Crippen LogP contribution in [0.2, 0.25) is 0 Å². The molecule has 0 bridgehead atoms. The largest absolute Gasteiger partial charge is 0.497 e. The Bertz CT molecular complexity index is 680. The Morgan fingerprint density at radius 3 is 2.40 bits per heavy atom. The topological polar surface area (TPSA) is 47.6 Å². The molecule has 0 aliphatic carbocycles. The van der Waals surface area contributed by atoms with Crippen LogP contribution in [0, 0.1) is 0 Å². The van der Waals surface area contributed by atoms with E-state index in [2.05, 4.69) is 25.2 Å². The first-order valence-electron chi connectivity index (χ1n) is 8.67. The van der Waals surface area contributed by atoms with E-state index < -0.39 is 6.10 Å². The molecule has 0 spiro atoms. The van der Waals surface area contributed by atoms with E-state index in [1.54, 1.807) is 14.0 Å². The van der Waals surface area contributed by atoms with E-state index in [4.69, 9.17) is 9.47 Å². The molecule has 0 aromatic heterocycles. The number of rotatable bonds is 8. The fourth-order valence-corrected chi connectivity index (χ4v) is 2.47. The summed E-state index contributed by atoms with van der Waals surface area (Å²) >= 11 is 0. The molecule has 4 heteroatoms. The molecule has 0 aliphatic rings. The molecule has 134 valence electrons. The number of ether oxygens (including phenoxy) is 2. The van der Waals surface area contributed by atoms with Gasteiger partial charge in [-0.1, -0.05) is 38.1 Å². The van der Waals surface area contributed by atoms with E-state index in [9.17, 15) is 4.79 Å². The first-order valence-corrected chi connectivity index (χ1v) is 8.67. The SMILES string of the molecule is COc1ccc(CCNC(=O)C(C)Oc2cccc(C(C)C)c2)cc1. The fraction of sp³-hybridized carbons (Fsp3) is 0.381. The Morgan fingerprint density at radius 2 is 1.76 bits per heavy atom. The second-order valence-corrected chi connectivity index (χ2v) is 6.38. The molecule has 2 rings (SSSR count). The van der Waals surface area contributed by atoms with E-state index in [0.717, 1.165) is 23.5 Å². The van der Waals surface area contributed by atoms with Crippen molar-refractivity contribution in [1.82, 2.24) is 5.32 Å². The molecule has 2 aromatic carbocycles. The van der Waals surface area contributed by atoms with E-state index in [1.807, 2.05) is 42.5 Å². The third kappa shape index (κ3) is 5.82. The minimum Gasteiger partial charge on any atom is -0.497 e. The third-order valence-electron chi connectivity index (χ3n) is 4.08. The first-order chi connectivity index (χ1) is 12.0. The predicted molar refractivity (Wildman–Crippen MR) is 100 cm³/mol. The van der Waals surface area contributed by atoms with Gasteiger partial charge in [0.15, 0.2) is 6.10 Å². The van der Waals surface area contributed by atoms with Gasteiger partial charge in [0.05, 0.1) is 7.11 Å². The predicted octanol–water partition coefficient (Wildman–Crippen LogP) is 3.94. The van der Waals surface area contributed by atoms with Crippen LogP contribution in [0.4, 0.5) is 0 Å². The quantitative estimate of drug-likeness (QED) is 0.791. The van der Waals surface area contributed by atoms with Crippen LogP contribution in [0.1, 0.15) is 37.8 Å². The summed E-state index contributed by atoms with van der Waals surface area (Å²) < 4.78 is 10.9. The number of benzene rings is 2. The lowest BCUT2D eigenvalue weighted by atomic mass is 10.0. The summed E-state index contributed by atoms with van der Waals surface area (Å²) in [6.07, 6.45) is 0.240. The maximum Gasteiger partial charge on any atom is 0.260 e. The van der Waals surface area contributed by atoms with Gasteiger partial charge in [-0.05, 0) is 54.7 Å². The Kier molecular flexibility index (Phi) is 6.87. The van der Waals surface area contributed by atoms with Crippen LogP contribution in [-0.4, -0.2) is 25.7 Å². The highest BCUT2D eigenvalue weighted by Gasteiger charge is 2.14. The number of hydrogen-bond donors (Lipinski definition) is 1. The minimum atomic E-state index is -0.529. The van der Waals surface area contributed by atoms with Gasteiger partial charge in [0.1, 0.15) is 11.5 Å². The fourth-order valence-electron chi connectivity index (χ4n) is 2.47. The summed E-state index contributed by atoms with van der Waals surface area (Å²) in [5.41, 5.74) is 2.35. The van der Waals surface area contributed by atoms with Crippen molar-refractivity contribution in [2.24, 2.45) is 0 Å². The van der Waals surface area contributed by atoms with Gasteiger partial charge in [-0.15, -0.1) is 0 Å². The molecule has 0 radical (unpaired) electrons. The van der Waals surface area contributed by atoms with Gasteiger partial charge >= 0.3 is 0 Å². The normalized spacial score (nSPS) is 11.9. The zero-order valence-corrected chi connectivity index (χ0v) is 15.4. The molecule has 0 heterocycles. The summed E-state index contributed by atoms with van der Waals surface area (Å²) in [5.74, 6) is 1.88. The Labute approximate surface area is 150 Å². The Hall–Kier alpha value is -2.49. The van der Waals surface area contributed by atoms with Crippen molar-refractivity contribution in [2.75, 3.05) is 13.7 Å². The third-order valence-corrected chi connectivity index (χ3v) is 4.08. The molecule has 1 atom stereocenters. The van der Waals surface area contributed by atoms with Gasteiger partial charge < -0.3 is 14.8 Å². The number of hydrogen-bond acceptors (Lipinski definition) is 3. The molecule has 1 unspecified atom stereocenters. The minimum absolute atomic E-state index is 0.108. The van der Waals surface area contributed by atoms with Crippen molar-refractivity contribution >= 4 is 5.91 Å². The lowest BCUT2D eigenvalue weighted by molar-refractivity contribution is -0.127. The summed E-state index contributed by atoms with van der Waals surface area (Å²) in [7, 11) is 1.65. The molecule has 1 N–H and O–H groups in total. The van der Waals surface area contributed by atoms with Gasteiger partial charge in [-0.2, -0.15) is 0 Å². The van der Waals surface area contributed by atoms with Crippen LogP contribution >= 0.6 is 0 Å². The number of carbonyl (C=O) groups excluding carboxylic acids is 1. The highest BCUT2D eigenvalue weighted by atomic mass is 16.5. The lowest BCUT2D eigenvalue weighted by Gasteiger charge is -2.16. The summed E-state index contributed by atoms with van der Waals surface area (Å²) in [6.45, 7) is 6.61. The molecule has 25 heavy (non-hydrogen) atoms. The monoisotopic (exact) mass is 341 g/mol. The van der Waals surface area contributed by atoms with Gasteiger partial charge in [0, 0.05) is 6.54 Å². The van der Waals surface area contributed by atoms with Crippen molar-refractivity contribution in [1.29, 1.82) is 0 Å². The van der Waals surface area contributed by atoms with Gasteiger partial charge in [-0.3, -0.25) is 4.79 Å². The average Bonchev–Trinajstić information content (AvgIpc) is 2.62. The van der Waals surface area contributed by atoms with Crippen LogP contribution in [0.3, 0.4) is 0 Å². The van der Waals surface area contributed by atoms with Crippen LogP contribution < -0.4 is 14.8 Å². The van der Waals surface area contributed by atoms with Crippen molar-refractivity contribution in [2.45, 2.75) is 39.2 Å². The molecule has 1 amide bonds. The smallest absolute Gasteiger partial charge is 0.260 e. The highest BCUT2D eigenvalue weighted by molar-refractivity contribution is 5.80. The number of nitrogens with one attached hydrogen (secondary N) is 1. The van der Waals surface area contributed by atoms with Crippen molar-refractivity contribution in [3.05, 3.63) is 59.7 Å². The summed E-state index contributed by atoms with van der Waals surface area (Å²) in [6, 6.07) is 15.7. The summed E-state index contributed by atoms with van der Waals surface area (Å²) in [4.78, 5) is 12.2. The summed E-state index contributed by atoms with van der Waals surface area (Å²) in [5, 5.41) is 2.92. The van der Waals surface area contributed by atoms with Crippen molar-refractivity contribution < 1.29 is 14.3 Å². The van der Waals surface area contributed by atoms with E-state index in [-0.39, 0.29) is 5.91 Å². The van der Waals surface area contributed by atoms with Gasteiger partial charge in [-0.25, -0.2) is 0 Å². The first kappa shape index (κ1) is 18.8. The molecule has 0 saturated heterocycles. The van der Waals surface area contributed by atoms with Gasteiger partial charge in [0.2, 0.25) is 0 Å². The zero-order valence-electron chi connectivity index (χ0n) is 15.4. The lowest BCUT2D eigenvalue weighted by Crippen LogP contribution is -2.37. The number of amides is 1. The molecule has 0 aliphatic heterocycles. The second-order valence-electron chi connectivity index (χ2n) is 6.38. The highest BCUT2D eigenvalue weighted by Crippen LogP contribution is 2.21. The van der Waals surface area contributed by atoms with Crippen LogP contribution in [0.15, 0.2) is 48.5 Å². The Balaban J connectivity index is 1.80. The molecule has 0 saturated carbocycles. The molecule has 0 fully saturated rings. The second kappa shape index (κ2) is 9.11. The van der Waals surface area contributed by atoms with Crippen molar-refractivity contribution in [3.8, 4) is 11.5 Å². The van der Waals surface area contributed by atoms with Gasteiger partial charge in [0.25, 0.3) is 5.91 Å². The molecular formula is C21H27NO3. The molecule has 2 aromatic rings. The van der Waals surface area contributed by atoms with Crippen LogP contribution in [0.25, 0.3) is 0 Å². The molecular weight excluding hydrogens is 314 g/mol. The maximum absolute atomic E-state index is 12.2. The van der Waals surface area contributed by atoms with Crippen LogP contribution in [-0.2, 0) is 11.2 Å². The maximum atomic E-state index is 12.2. The number of carbonyl (C=O) groups is 1. The van der Waals surface area contributed by atoms with E-state index >= 15 is 0 Å². The molecule has 4 nitrogen and oxygen atoms in total. The standard InChI is InChI=1S/C21H27NO3/c1-15(2)18-6-5-7-20(14-18)25-16(3)21(23)22-13-12-17-8-10-19(24-4)11-9-17/h5-11,14-16H,12-13H2,1-4H3,(H,22,23). The van der Waals surface area contributed by atoms with Crippen molar-refractivity contribution in [3.63, 3.8) is 0 Å². The Morgan fingerprint density at radius 1 is 1.04 bits per heavy atom. The average molecular weight is 341 g/mol. The van der Waals surface area contributed by atoms with E-state index in [1.165, 1.54) is 5.56 Å². The number of methoxy groups -OCH3 is 1.